The molecule has 1 saturated heterocycles. The summed E-state index contributed by atoms with van der Waals surface area (Å²) in [6.07, 6.45) is 1.95. The lowest BCUT2D eigenvalue weighted by Crippen LogP contribution is -2.60. The monoisotopic (exact) mass is 456 g/mol. The van der Waals surface area contributed by atoms with Crippen LogP contribution in [0, 0.1) is 30.1 Å². The molecule has 1 fully saturated rings. The van der Waals surface area contributed by atoms with Crippen molar-refractivity contribution in [2.75, 3.05) is 25.0 Å². The number of guanidine groups is 1. The quantitative estimate of drug-likeness (QED) is 0.303. The predicted octanol–water partition coefficient (Wildman–Crippen LogP) is 4.72. The summed E-state index contributed by atoms with van der Waals surface area (Å²) in [4.78, 5) is 21.2. The van der Waals surface area contributed by atoms with Gasteiger partial charge < -0.3 is 15.1 Å². The van der Waals surface area contributed by atoms with Gasteiger partial charge in [-0.3, -0.25) is 5.32 Å². The Morgan fingerprint density at radius 2 is 1.97 bits per heavy atom. The summed E-state index contributed by atoms with van der Waals surface area (Å²) in [6.45, 7) is 7.30. The van der Waals surface area contributed by atoms with Crippen LogP contribution in [0.15, 0.2) is 47.5 Å². The number of amides is 2. The van der Waals surface area contributed by atoms with E-state index in [2.05, 4.69) is 29.5 Å². The number of carbonyl (C=O) groups excluding carboxylic acids is 1. The number of rotatable bonds is 3. The summed E-state index contributed by atoms with van der Waals surface area (Å²) < 4.78 is 13.5. The maximum Gasteiger partial charge on any atom is 0.321 e. The van der Waals surface area contributed by atoms with Crippen LogP contribution in [0.4, 0.5) is 20.6 Å². The Labute approximate surface area is 192 Å². The number of piperazine rings is 1. The molecular formula is C23H26ClFN6O. The van der Waals surface area contributed by atoms with E-state index >= 15 is 0 Å². The van der Waals surface area contributed by atoms with E-state index in [1.807, 2.05) is 11.1 Å². The molecule has 1 atom stereocenters. The number of anilines is 1. The molecule has 0 aromatic heterocycles. The Morgan fingerprint density at radius 3 is 2.59 bits per heavy atom. The van der Waals surface area contributed by atoms with E-state index in [-0.39, 0.29) is 23.8 Å². The molecule has 2 amide bonds. The lowest BCUT2D eigenvalue weighted by molar-refractivity contribution is 0.118. The molecule has 32 heavy (non-hydrogen) atoms. The molecule has 1 aliphatic rings. The van der Waals surface area contributed by atoms with Crippen LogP contribution in [0.25, 0.3) is 0 Å². The molecule has 1 heterocycles. The van der Waals surface area contributed by atoms with E-state index in [4.69, 9.17) is 11.6 Å². The van der Waals surface area contributed by atoms with Gasteiger partial charge in [-0.2, -0.15) is 5.26 Å². The van der Waals surface area contributed by atoms with Crippen molar-refractivity contribution in [1.82, 2.24) is 15.1 Å². The third-order valence-electron chi connectivity index (χ3n) is 5.40. The second-order valence-electron chi connectivity index (χ2n) is 7.99. The highest BCUT2D eigenvalue weighted by atomic mass is 35.5. The molecule has 0 bridgehead atoms. The molecule has 9 heteroatoms. The second kappa shape index (κ2) is 10.3. The molecule has 168 valence electrons. The summed E-state index contributed by atoms with van der Waals surface area (Å²) in [6, 6.07) is 11.0. The van der Waals surface area contributed by atoms with Gasteiger partial charge in [0.1, 0.15) is 5.82 Å². The Morgan fingerprint density at radius 1 is 1.25 bits per heavy atom. The van der Waals surface area contributed by atoms with E-state index in [0.29, 0.717) is 47.6 Å². The van der Waals surface area contributed by atoms with Gasteiger partial charge in [-0.1, -0.05) is 25.4 Å². The zero-order valence-electron chi connectivity index (χ0n) is 18.3. The number of benzene rings is 2. The number of aryl methyl sites for hydroxylation is 1. The molecular weight excluding hydrogens is 431 g/mol. The third-order valence-corrected chi connectivity index (χ3v) is 5.65. The molecule has 0 spiro atoms. The van der Waals surface area contributed by atoms with Gasteiger partial charge in [-0.25, -0.2) is 14.2 Å². The lowest BCUT2D eigenvalue weighted by Gasteiger charge is -2.44. The minimum Gasteiger partial charge on any atom is -0.335 e. The Bertz CT molecular complexity index is 1030. The van der Waals surface area contributed by atoms with Gasteiger partial charge in [0.15, 0.2) is 6.19 Å². The fourth-order valence-corrected chi connectivity index (χ4v) is 3.76. The first-order valence-electron chi connectivity index (χ1n) is 10.4. The van der Waals surface area contributed by atoms with Crippen LogP contribution < -0.4 is 10.6 Å². The van der Waals surface area contributed by atoms with Gasteiger partial charge in [0.25, 0.3) is 0 Å². The summed E-state index contributed by atoms with van der Waals surface area (Å²) >= 11 is 5.91. The summed E-state index contributed by atoms with van der Waals surface area (Å²) in [5.41, 5.74) is 1.92. The Balaban J connectivity index is 1.79. The summed E-state index contributed by atoms with van der Waals surface area (Å²) in [5, 5.41) is 15.5. The van der Waals surface area contributed by atoms with Crippen molar-refractivity contribution in [2.45, 2.75) is 26.8 Å². The highest BCUT2D eigenvalue weighted by Gasteiger charge is 2.33. The van der Waals surface area contributed by atoms with E-state index < -0.39 is 0 Å². The highest BCUT2D eigenvalue weighted by Crippen LogP contribution is 2.23. The smallest absolute Gasteiger partial charge is 0.321 e. The maximum atomic E-state index is 13.5. The van der Waals surface area contributed by atoms with Gasteiger partial charge in [-0.05, 0) is 60.9 Å². The molecule has 0 aliphatic carbocycles. The number of hydrogen-bond donors (Lipinski definition) is 2. The largest absolute Gasteiger partial charge is 0.335 e. The predicted molar refractivity (Wildman–Crippen MR) is 124 cm³/mol. The van der Waals surface area contributed by atoms with Crippen molar-refractivity contribution in [3.8, 4) is 6.19 Å². The van der Waals surface area contributed by atoms with E-state index in [1.165, 1.54) is 12.1 Å². The van der Waals surface area contributed by atoms with Crippen LogP contribution in [0.2, 0.25) is 5.02 Å². The van der Waals surface area contributed by atoms with Crippen LogP contribution in [-0.2, 0) is 0 Å². The first-order valence-corrected chi connectivity index (χ1v) is 10.7. The summed E-state index contributed by atoms with van der Waals surface area (Å²) in [5.74, 6) is 0.233. The minimum absolute atomic E-state index is 0.0694. The molecule has 2 aromatic carbocycles. The second-order valence-corrected chi connectivity index (χ2v) is 8.43. The molecule has 3 rings (SSSR count). The number of nitrogens with one attached hydrogen (secondary N) is 2. The summed E-state index contributed by atoms with van der Waals surface area (Å²) in [7, 11) is 0. The third kappa shape index (κ3) is 5.68. The molecule has 1 unspecified atom stereocenters. The first kappa shape index (κ1) is 23.4. The fourth-order valence-electron chi connectivity index (χ4n) is 3.64. The van der Waals surface area contributed by atoms with Crippen LogP contribution in [0.3, 0.4) is 0 Å². The average Bonchev–Trinajstić information content (AvgIpc) is 2.76. The number of nitrogens with zero attached hydrogens (tertiary/aromatic N) is 4. The zero-order valence-corrected chi connectivity index (χ0v) is 19.0. The van der Waals surface area contributed by atoms with E-state index in [9.17, 15) is 14.4 Å². The van der Waals surface area contributed by atoms with Crippen LogP contribution >= 0.6 is 11.6 Å². The maximum absolute atomic E-state index is 13.5. The van der Waals surface area contributed by atoms with Gasteiger partial charge >= 0.3 is 6.03 Å². The van der Waals surface area contributed by atoms with Crippen molar-refractivity contribution in [2.24, 2.45) is 10.9 Å². The minimum atomic E-state index is -0.336. The highest BCUT2D eigenvalue weighted by molar-refractivity contribution is 6.30. The van der Waals surface area contributed by atoms with Crippen molar-refractivity contribution in [3.05, 3.63) is 58.9 Å². The number of aliphatic imine (C=N–C) groups is 1. The Kier molecular flexibility index (Phi) is 7.54. The number of urea groups is 1. The van der Waals surface area contributed by atoms with Crippen LogP contribution in [-0.4, -0.2) is 47.5 Å². The van der Waals surface area contributed by atoms with Crippen LogP contribution in [0.1, 0.15) is 19.4 Å². The Hall–Kier alpha value is -3.31. The molecule has 0 saturated carbocycles. The fraction of sp³-hybridized carbons (Fsp3) is 0.348. The molecule has 1 aliphatic heterocycles. The lowest BCUT2D eigenvalue weighted by atomic mass is 10.00. The van der Waals surface area contributed by atoms with Crippen LogP contribution in [0.5, 0.6) is 0 Å². The topological polar surface area (TPSA) is 83.8 Å². The van der Waals surface area contributed by atoms with Gasteiger partial charge in [-0.15, -0.1) is 0 Å². The zero-order chi connectivity index (χ0) is 23.3. The standard InChI is InChI=1S/C23H26ClFN6O/c1-15(2)21-13-30(23(32)28-19-7-4-17(24)5-8-19)10-11-31(21)22(27-14-26)29-20-9-6-18(25)12-16(20)3/h4-9,12,15,21H,10-11,13H2,1-3H3,(H,27,29)(H,28,32). The van der Waals surface area contributed by atoms with Gasteiger partial charge in [0.05, 0.1) is 11.7 Å². The van der Waals surface area contributed by atoms with Crippen molar-refractivity contribution >= 4 is 35.0 Å². The number of nitriles is 1. The van der Waals surface area contributed by atoms with Gasteiger partial charge in [0.2, 0.25) is 5.96 Å². The first-order chi connectivity index (χ1) is 15.3. The van der Waals surface area contributed by atoms with E-state index in [1.54, 1.807) is 42.2 Å². The van der Waals surface area contributed by atoms with E-state index in [0.717, 1.165) is 0 Å². The van der Waals surface area contributed by atoms with Crippen molar-refractivity contribution in [3.63, 3.8) is 0 Å². The molecule has 0 radical (unpaired) electrons. The molecule has 2 N–H and O–H groups in total. The van der Waals surface area contributed by atoms with Crippen molar-refractivity contribution < 1.29 is 9.18 Å². The number of halogens is 2. The van der Waals surface area contributed by atoms with Gasteiger partial charge in [0, 0.05) is 30.3 Å². The number of carbonyl (C=O) groups is 1. The SMILES string of the molecule is Cc1cc(F)ccc1N=C(NC#N)N1CCN(C(=O)Nc2ccc(Cl)cc2)CC1C(C)C. The van der Waals surface area contributed by atoms with Crippen molar-refractivity contribution in [1.29, 1.82) is 5.26 Å². The molecule has 2 aromatic rings. The molecule has 7 nitrogen and oxygen atoms in total. The normalized spacial score (nSPS) is 16.7. The average molecular weight is 457 g/mol. The number of hydrogen-bond acceptors (Lipinski definition) is 3.